The maximum Gasteiger partial charge on any atom is 0.251 e. The first-order valence-corrected chi connectivity index (χ1v) is 6.93. The molecule has 0 aliphatic rings. The van der Waals surface area contributed by atoms with Crippen molar-refractivity contribution in [3.63, 3.8) is 0 Å². The number of hydrogen-bond donors (Lipinski definition) is 2. The van der Waals surface area contributed by atoms with E-state index in [-0.39, 0.29) is 5.91 Å². The maximum atomic E-state index is 11.8. The Balaban J connectivity index is 2.25. The normalized spacial score (nSPS) is 10.4. The van der Waals surface area contributed by atoms with Crippen molar-refractivity contribution >= 4 is 5.91 Å². The van der Waals surface area contributed by atoms with Crippen molar-refractivity contribution in [2.24, 2.45) is 5.73 Å². The molecule has 0 saturated carbocycles. The van der Waals surface area contributed by atoms with Gasteiger partial charge in [-0.2, -0.15) is 0 Å². The number of rotatable bonds is 9. The fourth-order valence-corrected chi connectivity index (χ4v) is 1.71. The van der Waals surface area contributed by atoms with E-state index in [4.69, 9.17) is 10.5 Å². The maximum absolute atomic E-state index is 11.8. The number of hydrogen-bond acceptors (Lipinski definition) is 3. The molecule has 4 heteroatoms. The van der Waals surface area contributed by atoms with Gasteiger partial charge in [0.05, 0.1) is 0 Å². The highest BCUT2D eigenvalue weighted by Crippen LogP contribution is 2.04. The first kappa shape index (κ1) is 15.7. The lowest BCUT2D eigenvalue weighted by atomic mass is 10.1. The van der Waals surface area contributed by atoms with E-state index in [0.29, 0.717) is 25.3 Å². The van der Waals surface area contributed by atoms with Crippen LogP contribution in [0.25, 0.3) is 0 Å². The predicted molar refractivity (Wildman–Crippen MR) is 77.3 cm³/mol. The van der Waals surface area contributed by atoms with Crippen LogP contribution < -0.4 is 11.1 Å². The molecule has 1 amide bonds. The molecular weight excluding hydrogens is 240 g/mol. The largest absolute Gasteiger partial charge is 0.381 e. The SMILES string of the molecule is CCCOCCCNC(=O)c1ccc(CCN)cc1. The standard InChI is InChI=1S/C15H24N2O2/c1-2-11-19-12-3-10-17-15(18)14-6-4-13(5-7-14)8-9-16/h4-7H,2-3,8-12,16H2,1H3,(H,17,18). The summed E-state index contributed by atoms with van der Waals surface area (Å²) in [5, 5.41) is 2.88. The summed E-state index contributed by atoms with van der Waals surface area (Å²) in [5.74, 6) is -0.0326. The van der Waals surface area contributed by atoms with Crippen molar-refractivity contribution in [2.75, 3.05) is 26.3 Å². The van der Waals surface area contributed by atoms with Crippen LogP contribution in [0.2, 0.25) is 0 Å². The number of nitrogens with two attached hydrogens (primary N) is 1. The van der Waals surface area contributed by atoms with E-state index in [1.807, 2.05) is 24.3 Å². The fraction of sp³-hybridized carbons (Fsp3) is 0.533. The smallest absolute Gasteiger partial charge is 0.251 e. The van der Waals surface area contributed by atoms with E-state index in [2.05, 4.69) is 12.2 Å². The molecule has 4 nitrogen and oxygen atoms in total. The van der Waals surface area contributed by atoms with Gasteiger partial charge in [0.1, 0.15) is 0 Å². The van der Waals surface area contributed by atoms with Crippen LogP contribution >= 0.6 is 0 Å². The molecule has 1 rings (SSSR count). The third-order valence-corrected chi connectivity index (χ3v) is 2.75. The Morgan fingerprint density at radius 3 is 2.63 bits per heavy atom. The number of carbonyl (C=O) groups is 1. The molecule has 0 aliphatic carbocycles. The summed E-state index contributed by atoms with van der Waals surface area (Å²) >= 11 is 0. The van der Waals surface area contributed by atoms with Crippen LogP contribution in [0.15, 0.2) is 24.3 Å². The Hall–Kier alpha value is -1.39. The highest BCUT2D eigenvalue weighted by Gasteiger charge is 2.04. The van der Waals surface area contributed by atoms with Crippen LogP contribution in [-0.4, -0.2) is 32.2 Å². The monoisotopic (exact) mass is 264 g/mol. The van der Waals surface area contributed by atoms with Gasteiger partial charge in [-0.3, -0.25) is 4.79 Å². The van der Waals surface area contributed by atoms with E-state index < -0.39 is 0 Å². The van der Waals surface area contributed by atoms with Gasteiger partial charge in [-0.05, 0) is 43.5 Å². The zero-order chi connectivity index (χ0) is 13.9. The minimum absolute atomic E-state index is 0.0326. The van der Waals surface area contributed by atoms with Gasteiger partial charge in [0.15, 0.2) is 0 Å². The highest BCUT2D eigenvalue weighted by atomic mass is 16.5. The molecule has 3 N–H and O–H groups in total. The first-order chi connectivity index (χ1) is 9.27. The summed E-state index contributed by atoms with van der Waals surface area (Å²) in [6, 6.07) is 7.58. The summed E-state index contributed by atoms with van der Waals surface area (Å²) in [7, 11) is 0. The van der Waals surface area contributed by atoms with Gasteiger partial charge in [-0.1, -0.05) is 19.1 Å². The molecule has 0 aliphatic heterocycles. The Kier molecular flexibility index (Phi) is 7.86. The topological polar surface area (TPSA) is 64.3 Å². The Morgan fingerprint density at radius 1 is 1.26 bits per heavy atom. The fourth-order valence-electron chi connectivity index (χ4n) is 1.71. The second kappa shape index (κ2) is 9.53. The molecule has 0 spiro atoms. The zero-order valence-electron chi connectivity index (χ0n) is 11.7. The number of carbonyl (C=O) groups excluding carboxylic acids is 1. The number of amides is 1. The van der Waals surface area contributed by atoms with Crippen molar-refractivity contribution < 1.29 is 9.53 Å². The van der Waals surface area contributed by atoms with Crippen molar-refractivity contribution in [3.8, 4) is 0 Å². The molecule has 1 aromatic carbocycles. The number of nitrogens with one attached hydrogen (secondary N) is 1. The molecule has 0 bridgehead atoms. The van der Waals surface area contributed by atoms with E-state index in [1.54, 1.807) is 0 Å². The van der Waals surface area contributed by atoms with Gasteiger partial charge in [0.2, 0.25) is 0 Å². The summed E-state index contributed by atoms with van der Waals surface area (Å²) in [4.78, 5) is 11.8. The lowest BCUT2D eigenvalue weighted by Crippen LogP contribution is -2.25. The van der Waals surface area contributed by atoms with Crippen molar-refractivity contribution in [2.45, 2.75) is 26.2 Å². The summed E-state index contributed by atoms with van der Waals surface area (Å²) in [6.45, 7) is 4.84. The van der Waals surface area contributed by atoms with Gasteiger partial charge in [-0.25, -0.2) is 0 Å². The van der Waals surface area contributed by atoms with Gasteiger partial charge < -0.3 is 15.8 Å². The van der Waals surface area contributed by atoms with Crippen molar-refractivity contribution in [1.82, 2.24) is 5.32 Å². The molecule has 0 aromatic heterocycles. The molecule has 0 fully saturated rings. The van der Waals surface area contributed by atoms with Crippen LogP contribution in [0.5, 0.6) is 0 Å². The van der Waals surface area contributed by atoms with Gasteiger partial charge >= 0.3 is 0 Å². The Morgan fingerprint density at radius 2 is 2.00 bits per heavy atom. The molecule has 106 valence electrons. The van der Waals surface area contributed by atoms with E-state index in [1.165, 1.54) is 0 Å². The second-order valence-corrected chi connectivity index (χ2v) is 4.46. The average molecular weight is 264 g/mol. The lowest BCUT2D eigenvalue weighted by molar-refractivity contribution is 0.0941. The van der Waals surface area contributed by atoms with E-state index in [0.717, 1.165) is 31.4 Å². The van der Waals surface area contributed by atoms with Crippen LogP contribution in [0.4, 0.5) is 0 Å². The second-order valence-electron chi connectivity index (χ2n) is 4.46. The van der Waals surface area contributed by atoms with Gasteiger partial charge in [-0.15, -0.1) is 0 Å². The summed E-state index contributed by atoms with van der Waals surface area (Å²) in [6.07, 6.45) is 2.72. The molecule has 0 atom stereocenters. The van der Waals surface area contributed by atoms with Gasteiger partial charge in [0.25, 0.3) is 5.91 Å². The van der Waals surface area contributed by atoms with Crippen LogP contribution in [0, 0.1) is 0 Å². The van der Waals surface area contributed by atoms with Crippen molar-refractivity contribution in [1.29, 1.82) is 0 Å². The molecule has 0 heterocycles. The summed E-state index contributed by atoms with van der Waals surface area (Å²) in [5.41, 5.74) is 7.33. The van der Waals surface area contributed by atoms with Gasteiger partial charge in [0, 0.05) is 25.3 Å². The minimum atomic E-state index is -0.0326. The molecule has 19 heavy (non-hydrogen) atoms. The predicted octanol–water partition coefficient (Wildman–Crippen LogP) is 1.73. The third-order valence-electron chi connectivity index (χ3n) is 2.75. The zero-order valence-corrected chi connectivity index (χ0v) is 11.7. The molecule has 1 aromatic rings. The quantitative estimate of drug-likeness (QED) is 0.668. The first-order valence-electron chi connectivity index (χ1n) is 6.93. The Bertz CT molecular complexity index is 363. The van der Waals surface area contributed by atoms with Crippen LogP contribution in [-0.2, 0) is 11.2 Å². The highest BCUT2D eigenvalue weighted by molar-refractivity contribution is 5.94. The molecule has 0 saturated heterocycles. The molecular formula is C15H24N2O2. The minimum Gasteiger partial charge on any atom is -0.381 e. The van der Waals surface area contributed by atoms with Crippen molar-refractivity contribution in [3.05, 3.63) is 35.4 Å². The number of ether oxygens (including phenoxy) is 1. The third kappa shape index (κ3) is 6.36. The molecule has 0 radical (unpaired) electrons. The van der Waals surface area contributed by atoms with E-state index in [9.17, 15) is 4.79 Å². The van der Waals surface area contributed by atoms with Crippen LogP contribution in [0.1, 0.15) is 35.7 Å². The molecule has 0 unspecified atom stereocenters. The van der Waals surface area contributed by atoms with Crippen LogP contribution in [0.3, 0.4) is 0 Å². The average Bonchev–Trinajstić information content (AvgIpc) is 2.43. The Labute approximate surface area is 115 Å². The number of benzene rings is 1. The lowest BCUT2D eigenvalue weighted by Gasteiger charge is -2.06. The van der Waals surface area contributed by atoms with E-state index >= 15 is 0 Å². The summed E-state index contributed by atoms with van der Waals surface area (Å²) < 4.78 is 5.35.